The molecule has 0 N–H and O–H groups in total. The van der Waals surface area contributed by atoms with Gasteiger partial charge in [-0.25, -0.2) is 0 Å². The predicted molar refractivity (Wildman–Crippen MR) is 193 cm³/mol. The molecule has 8 heteroatoms. The van der Waals surface area contributed by atoms with Crippen LogP contribution in [-0.2, 0) is 9.59 Å². The van der Waals surface area contributed by atoms with Crippen LogP contribution in [0, 0.1) is 0 Å². The molecule has 4 aromatic rings. The van der Waals surface area contributed by atoms with Crippen LogP contribution in [0.2, 0.25) is 0 Å². The number of carbonyl (C=O) groups excluding carboxylic acids is 2. The molecule has 0 atom stereocenters. The average molecular weight is 665 g/mol. The molecule has 0 bridgehead atoms. The van der Waals surface area contributed by atoms with Gasteiger partial charge in [0.2, 0.25) is 0 Å². The van der Waals surface area contributed by atoms with E-state index in [9.17, 15) is 9.59 Å². The van der Waals surface area contributed by atoms with E-state index in [1.807, 2.05) is 85.0 Å². The summed E-state index contributed by atoms with van der Waals surface area (Å²) in [7, 11) is 6.48. The van der Waals surface area contributed by atoms with Gasteiger partial charge in [-0.15, -0.1) is 0 Å². The van der Waals surface area contributed by atoms with E-state index in [-0.39, 0.29) is 11.9 Å². The van der Waals surface area contributed by atoms with Gasteiger partial charge in [0.1, 0.15) is 34.5 Å². The summed E-state index contributed by atoms with van der Waals surface area (Å²) in [5.74, 6) is 3.41. The van der Waals surface area contributed by atoms with Crippen LogP contribution in [-0.4, -0.2) is 40.4 Å². The summed E-state index contributed by atoms with van der Waals surface area (Å²) in [6, 6.07) is 26.1. The lowest BCUT2D eigenvalue weighted by atomic mass is 10.1. The molecular formula is C41H44O8. The van der Waals surface area contributed by atoms with Crippen molar-refractivity contribution in [3.05, 3.63) is 107 Å². The molecule has 49 heavy (non-hydrogen) atoms. The van der Waals surface area contributed by atoms with Crippen LogP contribution >= 0.6 is 0 Å². The summed E-state index contributed by atoms with van der Waals surface area (Å²) in [6.45, 7) is 0. The molecule has 0 unspecified atom stereocenters. The second-order valence-corrected chi connectivity index (χ2v) is 11.3. The fraction of sp³-hybridized carbons (Fsp3) is 0.268. The second kappa shape index (κ2) is 19.4. The number of esters is 2. The number of carbonyl (C=O) groups is 2. The first-order chi connectivity index (χ1) is 23.9. The van der Waals surface area contributed by atoms with Gasteiger partial charge < -0.3 is 28.4 Å². The number of ether oxygens (including phenoxy) is 6. The van der Waals surface area contributed by atoms with E-state index >= 15 is 0 Å². The molecule has 0 fully saturated rings. The Hall–Kier alpha value is -5.50. The zero-order valence-electron chi connectivity index (χ0n) is 28.6. The van der Waals surface area contributed by atoms with Gasteiger partial charge in [-0.1, -0.05) is 67.8 Å². The Morgan fingerprint density at radius 2 is 0.714 bits per heavy atom. The Morgan fingerprint density at radius 1 is 0.408 bits per heavy atom. The molecule has 0 radical (unpaired) electrons. The van der Waals surface area contributed by atoms with Crippen LogP contribution < -0.4 is 28.4 Å². The summed E-state index contributed by atoms with van der Waals surface area (Å²) in [6.07, 6.45) is 12.8. The standard InChI is InChI=1S/C41H44O8/c1-44-36-24-32(25-37(28-36)45-2)14-12-30-16-20-34(21-17-30)48-40(42)10-8-6-5-7-9-11-41(43)49-35-22-18-31(19-23-35)13-15-33-26-38(46-3)29-39(27-33)47-4/h12-29H,5-11H2,1-4H3/b14-12+,15-13+. The van der Waals surface area contributed by atoms with Gasteiger partial charge in [0, 0.05) is 25.0 Å². The first-order valence-electron chi connectivity index (χ1n) is 16.3. The minimum absolute atomic E-state index is 0.252. The van der Waals surface area contributed by atoms with Crippen LogP contribution in [0.3, 0.4) is 0 Å². The first-order valence-corrected chi connectivity index (χ1v) is 16.3. The smallest absolute Gasteiger partial charge is 0.311 e. The first kappa shape index (κ1) is 36.3. The Morgan fingerprint density at radius 3 is 1.04 bits per heavy atom. The average Bonchev–Trinajstić information content (AvgIpc) is 3.13. The third-order valence-electron chi connectivity index (χ3n) is 7.67. The fourth-order valence-electron chi connectivity index (χ4n) is 4.96. The number of methoxy groups -OCH3 is 4. The van der Waals surface area contributed by atoms with E-state index in [1.54, 1.807) is 52.7 Å². The number of hydrogen-bond donors (Lipinski definition) is 0. The SMILES string of the molecule is COc1cc(/C=C/c2ccc(OC(=O)CCCCCCCC(=O)Oc3ccc(/C=C/c4cc(OC)cc(OC)c4)cc3)cc2)cc(OC)c1. The van der Waals surface area contributed by atoms with Crippen molar-refractivity contribution in [2.75, 3.05) is 28.4 Å². The maximum atomic E-state index is 12.3. The topological polar surface area (TPSA) is 89.5 Å². The van der Waals surface area contributed by atoms with Gasteiger partial charge >= 0.3 is 11.9 Å². The van der Waals surface area contributed by atoms with Crippen molar-refractivity contribution in [2.45, 2.75) is 44.9 Å². The predicted octanol–water partition coefficient (Wildman–Crippen LogP) is 9.30. The zero-order chi connectivity index (χ0) is 34.8. The van der Waals surface area contributed by atoms with Gasteiger partial charge in [0.05, 0.1) is 28.4 Å². The molecule has 0 saturated heterocycles. The van der Waals surface area contributed by atoms with Gasteiger partial charge in [-0.3, -0.25) is 9.59 Å². The summed E-state index contributed by atoms with van der Waals surface area (Å²) >= 11 is 0. The minimum Gasteiger partial charge on any atom is -0.497 e. The quantitative estimate of drug-likeness (QED) is 0.0450. The lowest BCUT2D eigenvalue weighted by Gasteiger charge is -2.07. The van der Waals surface area contributed by atoms with Crippen molar-refractivity contribution in [3.8, 4) is 34.5 Å². The van der Waals surface area contributed by atoms with E-state index in [2.05, 4.69) is 0 Å². The normalized spacial score (nSPS) is 11.0. The van der Waals surface area contributed by atoms with Crippen LogP contribution in [0.25, 0.3) is 24.3 Å². The molecule has 8 nitrogen and oxygen atoms in total. The minimum atomic E-state index is -0.252. The molecule has 0 aliphatic heterocycles. The summed E-state index contributed by atoms with van der Waals surface area (Å²) in [4.78, 5) is 24.6. The van der Waals surface area contributed by atoms with Gasteiger partial charge in [0.15, 0.2) is 0 Å². The van der Waals surface area contributed by atoms with Crippen molar-refractivity contribution >= 4 is 36.2 Å². The highest BCUT2D eigenvalue weighted by atomic mass is 16.5. The van der Waals surface area contributed by atoms with Crippen LogP contribution in [0.4, 0.5) is 0 Å². The molecule has 0 aromatic heterocycles. The van der Waals surface area contributed by atoms with Crippen LogP contribution in [0.15, 0.2) is 84.9 Å². The molecule has 0 aliphatic carbocycles. The van der Waals surface area contributed by atoms with Crippen molar-refractivity contribution in [2.24, 2.45) is 0 Å². The van der Waals surface area contributed by atoms with Gasteiger partial charge in [-0.05, 0) is 83.6 Å². The fourth-order valence-corrected chi connectivity index (χ4v) is 4.96. The van der Waals surface area contributed by atoms with Crippen LogP contribution in [0.1, 0.15) is 67.2 Å². The molecule has 0 saturated carbocycles. The Bertz CT molecular complexity index is 1530. The van der Waals surface area contributed by atoms with Crippen molar-refractivity contribution < 1.29 is 38.0 Å². The Kier molecular flexibility index (Phi) is 14.4. The Labute approximate surface area is 288 Å². The third-order valence-corrected chi connectivity index (χ3v) is 7.67. The molecule has 0 amide bonds. The highest BCUT2D eigenvalue weighted by molar-refractivity contribution is 5.75. The number of unbranched alkanes of at least 4 members (excludes halogenated alkanes) is 4. The third kappa shape index (κ3) is 12.6. The summed E-state index contributed by atoms with van der Waals surface area (Å²) < 4.78 is 32.3. The molecule has 4 aromatic carbocycles. The maximum Gasteiger partial charge on any atom is 0.311 e. The van der Waals surface area contributed by atoms with E-state index in [4.69, 9.17) is 28.4 Å². The number of hydrogen-bond acceptors (Lipinski definition) is 8. The van der Waals surface area contributed by atoms with Gasteiger partial charge in [0.25, 0.3) is 0 Å². The highest BCUT2D eigenvalue weighted by Gasteiger charge is 2.07. The van der Waals surface area contributed by atoms with Crippen molar-refractivity contribution in [1.29, 1.82) is 0 Å². The maximum absolute atomic E-state index is 12.3. The molecule has 0 spiro atoms. The molecule has 0 heterocycles. The van der Waals surface area contributed by atoms with E-state index in [0.29, 0.717) is 24.3 Å². The van der Waals surface area contributed by atoms with E-state index in [1.165, 1.54) is 0 Å². The summed E-state index contributed by atoms with van der Waals surface area (Å²) in [5, 5.41) is 0. The highest BCUT2D eigenvalue weighted by Crippen LogP contribution is 2.26. The second-order valence-electron chi connectivity index (χ2n) is 11.3. The Balaban J connectivity index is 1.08. The number of benzene rings is 4. The lowest BCUT2D eigenvalue weighted by molar-refractivity contribution is -0.135. The van der Waals surface area contributed by atoms with E-state index in [0.717, 1.165) is 77.4 Å². The lowest BCUT2D eigenvalue weighted by Crippen LogP contribution is -2.08. The molecule has 4 rings (SSSR count). The van der Waals surface area contributed by atoms with Crippen molar-refractivity contribution in [1.82, 2.24) is 0 Å². The van der Waals surface area contributed by atoms with Gasteiger partial charge in [-0.2, -0.15) is 0 Å². The van der Waals surface area contributed by atoms with Crippen LogP contribution in [0.5, 0.6) is 34.5 Å². The zero-order valence-corrected chi connectivity index (χ0v) is 28.6. The molecule has 0 aliphatic rings. The molecule has 256 valence electrons. The monoisotopic (exact) mass is 664 g/mol. The largest absolute Gasteiger partial charge is 0.497 e. The summed E-state index contributed by atoms with van der Waals surface area (Å²) in [5.41, 5.74) is 3.84. The van der Waals surface area contributed by atoms with E-state index < -0.39 is 0 Å². The number of rotatable bonds is 18. The van der Waals surface area contributed by atoms with Crippen molar-refractivity contribution in [3.63, 3.8) is 0 Å². The molecular weight excluding hydrogens is 620 g/mol.